The Morgan fingerprint density at radius 1 is 1.13 bits per heavy atom. The average molecular weight is 399 g/mol. The van der Waals surface area contributed by atoms with Gasteiger partial charge in [-0.15, -0.1) is 11.8 Å². The predicted octanol–water partition coefficient (Wildman–Crippen LogP) is 1.63. The number of carbonyl (C=O) groups excluding carboxylic acids is 3. The van der Waals surface area contributed by atoms with Gasteiger partial charge in [-0.1, -0.05) is 28.1 Å². The van der Waals surface area contributed by atoms with Gasteiger partial charge in [-0.05, 0) is 17.7 Å². The van der Waals surface area contributed by atoms with E-state index in [1.807, 2.05) is 24.3 Å². The van der Waals surface area contributed by atoms with E-state index in [-0.39, 0.29) is 5.75 Å². The number of thioether (sulfide) groups is 1. The average Bonchev–Trinajstić information content (AvgIpc) is 2.89. The summed E-state index contributed by atoms with van der Waals surface area (Å²) in [7, 11) is 2.67. The molecule has 2 saturated heterocycles. The molecule has 1 aromatic carbocycles. The zero-order valence-corrected chi connectivity index (χ0v) is 14.9. The first-order valence-corrected chi connectivity index (χ1v) is 8.81. The summed E-state index contributed by atoms with van der Waals surface area (Å²) in [5, 5.41) is 9.98. The topological polar surface area (TPSA) is 77.9 Å². The summed E-state index contributed by atoms with van der Waals surface area (Å²) in [5.41, 5.74) is -0.886. The van der Waals surface area contributed by atoms with Gasteiger partial charge in [0.05, 0.1) is 11.4 Å². The summed E-state index contributed by atoms with van der Waals surface area (Å²) in [6, 6.07) is 6.61. The molecule has 3 rings (SSSR count). The number of urea groups is 1. The van der Waals surface area contributed by atoms with Crippen LogP contribution in [0, 0.1) is 5.41 Å². The van der Waals surface area contributed by atoms with Crippen molar-refractivity contribution in [2.45, 2.75) is 11.4 Å². The highest BCUT2D eigenvalue weighted by molar-refractivity contribution is 9.10. The van der Waals surface area contributed by atoms with Crippen LogP contribution in [-0.2, 0) is 9.59 Å². The lowest BCUT2D eigenvalue weighted by Crippen LogP contribution is -2.67. The Morgan fingerprint density at radius 3 is 2.17 bits per heavy atom. The maximum absolute atomic E-state index is 12.9. The third kappa shape index (κ3) is 2.15. The highest BCUT2D eigenvalue weighted by atomic mass is 79.9. The van der Waals surface area contributed by atoms with Gasteiger partial charge in [-0.3, -0.25) is 19.4 Å². The van der Waals surface area contributed by atoms with Gasteiger partial charge >= 0.3 is 6.03 Å². The van der Waals surface area contributed by atoms with E-state index in [9.17, 15) is 19.5 Å². The molecule has 8 heteroatoms. The molecule has 2 fully saturated rings. The van der Waals surface area contributed by atoms with Gasteiger partial charge in [0, 0.05) is 24.3 Å². The lowest BCUT2D eigenvalue weighted by Gasteiger charge is -2.43. The van der Waals surface area contributed by atoms with Gasteiger partial charge in [0.25, 0.3) is 0 Å². The molecule has 122 valence electrons. The maximum Gasteiger partial charge on any atom is 0.332 e. The lowest BCUT2D eigenvalue weighted by atomic mass is 9.73. The molecule has 4 amide bonds. The summed E-state index contributed by atoms with van der Waals surface area (Å²) in [4.78, 5) is 39.5. The van der Waals surface area contributed by atoms with Crippen LogP contribution in [0.25, 0.3) is 0 Å². The monoisotopic (exact) mass is 398 g/mol. The zero-order valence-electron chi connectivity index (χ0n) is 12.5. The number of hydrogen-bond donors (Lipinski definition) is 1. The van der Waals surface area contributed by atoms with Crippen LogP contribution in [0.15, 0.2) is 28.7 Å². The number of carbonyl (C=O) groups is 3. The van der Waals surface area contributed by atoms with Gasteiger partial charge < -0.3 is 5.11 Å². The number of barbiturate groups is 1. The smallest absolute Gasteiger partial charge is 0.332 e. The first kappa shape index (κ1) is 16.5. The Bertz CT molecular complexity index is 669. The van der Waals surface area contributed by atoms with E-state index < -0.39 is 34.6 Å². The molecule has 1 N–H and O–H groups in total. The number of imide groups is 2. The molecule has 0 bridgehead atoms. The normalized spacial score (nSPS) is 27.2. The zero-order chi connectivity index (χ0) is 16.9. The molecular formula is C15H15BrN2O4S. The molecule has 2 heterocycles. The van der Waals surface area contributed by atoms with Crippen LogP contribution in [0.5, 0.6) is 0 Å². The molecular weight excluding hydrogens is 384 g/mol. The number of amides is 4. The van der Waals surface area contributed by atoms with Crippen molar-refractivity contribution in [3.8, 4) is 0 Å². The number of halogens is 1. The summed E-state index contributed by atoms with van der Waals surface area (Å²) in [6.07, 6.45) is -1.14. The second-order valence-corrected chi connectivity index (χ2v) is 7.71. The lowest BCUT2D eigenvalue weighted by molar-refractivity contribution is -0.163. The highest BCUT2D eigenvalue weighted by Crippen LogP contribution is 2.56. The Hall–Kier alpha value is -1.38. The molecule has 2 atom stereocenters. The van der Waals surface area contributed by atoms with Gasteiger partial charge in [-0.2, -0.15) is 0 Å². The summed E-state index contributed by atoms with van der Waals surface area (Å²) in [5.74, 6) is -1.03. The summed E-state index contributed by atoms with van der Waals surface area (Å²) in [6.45, 7) is 0. The molecule has 2 unspecified atom stereocenters. The van der Waals surface area contributed by atoms with Crippen molar-refractivity contribution in [2.75, 3.05) is 19.8 Å². The fourth-order valence-corrected chi connectivity index (χ4v) is 5.05. The van der Waals surface area contributed by atoms with E-state index in [1.165, 1.54) is 25.9 Å². The molecule has 2 aliphatic rings. The standard InChI is InChI=1S/C15H15BrN2O4S/c1-17-12(20)15(13(21)18(2)14(17)22)10(19)7-23-11(15)8-3-5-9(16)6-4-8/h3-6,10-11,19H,7H2,1-2H3. The number of nitrogens with zero attached hydrogens (tertiary/aromatic N) is 2. The minimum absolute atomic E-state index is 0.258. The molecule has 0 saturated carbocycles. The van der Waals surface area contributed by atoms with Gasteiger partial charge in [0.2, 0.25) is 11.8 Å². The second kappa shape index (κ2) is 5.61. The van der Waals surface area contributed by atoms with Crippen molar-refractivity contribution in [3.63, 3.8) is 0 Å². The fraction of sp³-hybridized carbons (Fsp3) is 0.400. The van der Waals surface area contributed by atoms with Gasteiger partial charge in [0.1, 0.15) is 0 Å². The van der Waals surface area contributed by atoms with Gasteiger partial charge in [-0.25, -0.2) is 4.79 Å². The van der Waals surface area contributed by atoms with Crippen molar-refractivity contribution in [2.24, 2.45) is 5.41 Å². The number of benzene rings is 1. The van der Waals surface area contributed by atoms with E-state index in [0.29, 0.717) is 0 Å². The van der Waals surface area contributed by atoms with Crippen LogP contribution in [-0.4, -0.2) is 58.7 Å². The van der Waals surface area contributed by atoms with E-state index in [4.69, 9.17) is 0 Å². The Balaban J connectivity index is 2.15. The molecule has 2 aliphatic heterocycles. The molecule has 1 spiro atoms. The van der Waals surface area contributed by atoms with E-state index in [2.05, 4.69) is 15.9 Å². The van der Waals surface area contributed by atoms with Crippen molar-refractivity contribution in [1.82, 2.24) is 9.80 Å². The predicted molar refractivity (Wildman–Crippen MR) is 88.7 cm³/mol. The quantitative estimate of drug-likeness (QED) is 0.727. The number of hydrogen-bond acceptors (Lipinski definition) is 5. The maximum atomic E-state index is 12.9. The van der Waals surface area contributed by atoms with Crippen LogP contribution in [0.3, 0.4) is 0 Å². The third-order valence-electron chi connectivity index (χ3n) is 4.42. The minimum Gasteiger partial charge on any atom is -0.391 e. The van der Waals surface area contributed by atoms with Crippen molar-refractivity contribution in [3.05, 3.63) is 34.3 Å². The second-order valence-electron chi connectivity index (χ2n) is 5.66. The van der Waals surface area contributed by atoms with Crippen LogP contribution < -0.4 is 0 Å². The minimum atomic E-state index is -1.66. The highest BCUT2D eigenvalue weighted by Gasteiger charge is 2.67. The Kier molecular flexibility index (Phi) is 4.02. The molecule has 23 heavy (non-hydrogen) atoms. The van der Waals surface area contributed by atoms with Crippen LogP contribution >= 0.6 is 27.7 Å². The first-order valence-electron chi connectivity index (χ1n) is 6.97. The third-order valence-corrected chi connectivity index (χ3v) is 6.44. The van der Waals surface area contributed by atoms with E-state index in [1.54, 1.807) is 0 Å². The van der Waals surface area contributed by atoms with Crippen molar-refractivity contribution < 1.29 is 19.5 Å². The molecule has 0 radical (unpaired) electrons. The fourth-order valence-electron chi connectivity index (χ4n) is 3.18. The Labute approximate surface area is 145 Å². The van der Waals surface area contributed by atoms with Crippen LogP contribution in [0.2, 0.25) is 0 Å². The molecule has 0 aliphatic carbocycles. The molecule has 6 nitrogen and oxygen atoms in total. The summed E-state index contributed by atoms with van der Waals surface area (Å²) >= 11 is 4.71. The largest absolute Gasteiger partial charge is 0.391 e. The number of rotatable bonds is 1. The van der Waals surface area contributed by atoms with Crippen LogP contribution in [0.4, 0.5) is 4.79 Å². The Morgan fingerprint density at radius 2 is 1.65 bits per heavy atom. The van der Waals surface area contributed by atoms with Crippen molar-refractivity contribution >= 4 is 45.5 Å². The number of aliphatic hydroxyl groups excluding tert-OH is 1. The van der Waals surface area contributed by atoms with Crippen molar-refractivity contribution in [1.29, 1.82) is 0 Å². The first-order chi connectivity index (χ1) is 10.8. The molecule has 1 aromatic rings. The van der Waals surface area contributed by atoms with Gasteiger partial charge in [0.15, 0.2) is 5.41 Å². The van der Waals surface area contributed by atoms with E-state index in [0.717, 1.165) is 19.8 Å². The van der Waals surface area contributed by atoms with Crippen LogP contribution in [0.1, 0.15) is 10.8 Å². The summed E-state index contributed by atoms with van der Waals surface area (Å²) < 4.78 is 0.879. The number of aliphatic hydroxyl groups is 1. The molecule has 0 aromatic heterocycles. The van der Waals surface area contributed by atoms with E-state index >= 15 is 0 Å². The SMILES string of the molecule is CN1C(=O)N(C)C(=O)C2(C1=O)C(O)CSC2c1ccc(Br)cc1.